The van der Waals surface area contributed by atoms with Crippen LogP contribution in [0.3, 0.4) is 0 Å². The minimum atomic E-state index is 0.00378. The van der Waals surface area contributed by atoms with Crippen molar-refractivity contribution in [1.82, 2.24) is 14.8 Å². The third-order valence-electron chi connectivity index (χ3n) is 3.82. The van der Waals surface area contributed by atoms with Gasteiger partial charge in [0.05, 0.1) is 5.69 Å². The minimum Gasteiger partial charge on any atom is -0.312 e. The summed E-state index contributed by atoms with van der Waals surface area (Å²) in [4.78, 5) is 20.6. The number of likely N-dealkylation sites (N-methyl/N-ethyl adjacent to an activating group) is 1. The molecule has 0 aliphatic carbocycles. The largest absolute Gasteiger partial charge is 0.312 e. The van der Waals surface area contributed by atoms with E-state index in [2.05, 4.69) is 21.8 Å². The molecular weight excluding hydrogens is 306 g/mol. The van der Waals surface area contributed by atoms with E-state index in [4.69, 9.17) is 11.6 Å². The average Bonchev–Trinajstić information content (AvgIpc) is 2.83. The van der Waals surface area contributed by atoms with Gasteiger partial charge in [-0.25, -0.2) is 0 Å². The first kappa shape index (κ1) is 14.8. The summed E-state index contributed by atoms with van der Waals surface area (Å²) in [5, 5.41) is 0.706. The Labute approximate surface area is 133 Å². The van der Waals surface area contributed by atoms with Crippen LogP contribution in [0.2, 0.25) is 5.02 Å². The molecule has 1 fully saturated rings. The first-order valence-corrected chi connectivity index (χ1v) is 8.20. The van der Waals surface area contributed by atoms with Crippen LogP contribution < -0.4 is 4.87 Å². The van der Waals surface area contributed by atoms with Crippen LogP contribution in [-0.4, -0.2) is 48.0 Å². The fourth-order valence-corrected chi connectivity index (χ4v) is 3.55. The van der Waals surface area contributed by atoms with Crippen LogP contribution in [0.15, 0.2) is 29.1 Å². The molecule has 6 heteroatoms. The van der Waals surface area contributed by atoms with Gasteiger partial charge in [-0.1, -0.05) is 35.1 Å². The second-order valence-corrected chi connectivity index (χ2v) is 6.90. The van der Waals surface area contributed by atoms with Crippen molar-refractivity contribution in [2.24, 2.45) is 0 Å². The Morgan fingerprint density at radius 2 is 1.86 bits per heavy atom. The molecular formula is C15H18ClN3OS. The third kappa shape index (κ3) is 3.55. The van der Waals surface area contributed by atoms with Gasteiger partial charge in [-0.2, -0.15) is 0 Å². The highest BCUT2D eigenvalue weighted by atomic mass is 35.5. The van der Waals surface area contributed by atoms with E-state index in [-0.39, 0.29) is 4.87 Å². The van der Waals surface area contributed by atoms with E-state index in [9.17, 15) is 4.79 Å². The lowest BCUT2D eigenvalue weighted by molar-refractivity contribution is 0.149. The van der Waals surface area contributed by atoms with E-state index in [0.717, 1.165) is 48.9 Å². The van der Waals surface area contributed by atoms with E-state index in [1.165, 1.54) is 11.3 Å². The summed E-state index contributed by atoms with van der Waals surface area (Å²) >= 11 is 7.24. The first-order valence-electron chi connectivity index (χ1n) is 7.00. The fraction of sp³-hybridized carbons (Fsp3) is 0.400. The highest BCUT2D eigenvalue weighted by Gasteiger charge is 2.18. The number of piperazine rings is 1. The number of rotatable bonds is 3. The van der Waals surface area contributed by atoms with Crippen molar-refractivity contribution < 1.29 is 0 Å². The summed E-state index contributed by atoms with van der Waals surface area (Å²) in [6, 6.07) is 7.61. The zero-order valence-electron chi connectivity index (χ0n) is 11.9. The molecule has 1 N–H and O–H groups in total. The quantitative estimate of drug-likeness (QED) is 0.943. The van der Waals surface area contributed by atoms with Gasteiger partial charge >= 0.3 is 4.87 Å². The topological polar surface area (TPSA) is 39.3 Å². The van der Waals surface area contributed by atoms with Gasteiger partial charge in [0, 0.05) is 42.6 Å². The second kappa shape index (κ2) is 6.32. The molecule has 0 atom stereocenters. The fourth-order valence-electron chi connectivity index (χ4n) is 2.53. The molecule has 4 nitrogen and oxygen atoms in total. The molecule has 0 unspecified atom stereocenters. The smallest absolute Gasteiger partial charge is 0.305 e. The van der Waals surface area contributed by atoms with Gasteiger partial charge in [-0.15, -0.1) is 0 Å². The molecule has 112 valence electrons. The second-order valence-electron chi connectivity index (χ2n) is 5.40. The summed E-state index contributed by atoms with van der Waals surface area (Å²) in [6.45, 7) is 5.08. The van der Waals surface area contributed by atoms with Crippen LogP contribution in [0, 0.1) is 0 Å². The summed E-state index contributed by atoms with van der Waals surface area (Å²) in [5.74, 6) is 0. The maximum absolute atomic E-state index is 11.8. The Bertz CT molecular complexity index is 656. The zero-order valence-corrected chi connectivity index (χ0v) is 13.5. The molecule has 1 aliphatic rings. The Hall–Kier alpha value is -1.14. The third-order valence-corrected chi connectivity index (χ3v) is 4.94. The average molecular weight is 324 g/mol. The summed E-state index contributed by atoms with van der Waals surface area (Å²) in [6.07, 6.45) is 0. The lowest BCUT2D eigenvalue weighted by Gasteiger charge is -2.32. The molecule has 0 saturated carbocycles. The number of aromatic nitrogens is 1. The molecule has 3 rings (SSSR count). The molecule has 21 heavy (non-hydrogen) atoms. The van der Waals surface area contributed by atoms with Crippen LogP contribution in [0.4, 0.5) is 0 Å². The first-order chi connectivity index (χ1) is 10.1. The normalized spacial score (nSPS) is 17.2. The van der Waals surface area contributed by atoms with Gasteiger partial charge in [0.15, 0.2) is 0 Å². The molecule has 0 radical (unpaired) electrons. The predicted octanol–water partition coefficient (Wildman–Crippen LogP) is 2.50. The molecule has 0 spiro atoms. The van der Waals surface area contributed by atoms with Crippen LogP contribution in [0.5, 0.6) is 0 Å². The van der Waals surface area contributed by atoms with E-state index in [0.29, 0.717) is 5.02 Å². The van der Waals surface area contributed by atoms with Crippen LogP contribution >= 0.6 is 22.9 Å². The zero-order chi connectivity index (χ0) is 14.8. The van der Waals surface area contributed by atoms with Gasteiger partial charge < -0.3 is 9.88 Å². The Morgan fingerprint density at radius 3 is 2.52 bits per heavy atom. The van der Waals surface area contributed by atoms with Gasteiger partial charge in [0.2, 0.25) is 0 Å². The van der Waals surface area contributed by atoms with Crippen molar-refractivity contribution in [2.45, 2.75) is 6.54 Å². The Kier molecular flexibility index (Phi) is 4.45. The van der Waals surface area contributed by atoms with Crippen LogP contribution in [0.1, 0.15) is 4.88 Å². The number of hydrogen-bond donors (Lipinski definition) is 1. The van der Waals surface area contributed by atoms with Crippen LogP contribution in [-0.2, 0) is 6.54 Å². The van der Waals surface area contributed by atoms with Gasteiger partial charge in [-0.05, 0) is 24.7 Å². The molecule has 0 amide bonds. The molecule has 1 aromatic heterocycles. The molecule has 1 saturated heterocycles. The molecule has 0 bridgehead atoms. The molecule has 2 aromatic rings. The van der Waals surface area contributed by atoms with E-state index in [1.54, 1.807) is 0 Å². The lowest BCUT2D eigenvalue weighted by atomic mass is 10.1. The van der Waals surface area contributed by atoms with Crippen molar-refractivity contribution >= 4 is 22.9 Å². The van der Waals surface area contributed by atoms with Crippen LogP contribution in [0.25, 0.3) is 11.3 Å². The van der Waals surface area contributed by atoms with Crippen molar-refractivity contribution in [3.8, 4) is 11.3 Å². The van der Waals surface area contributed by atoms with E-state index >= 15 is 0 Å². The highest BCUT2D eigenvalue weighted by molar-refractivity contribution is 7.09. The highest BCUT2D eigenvalue weighted by Crippen LogP contribution is 2.26. The maximum Gasteiger partial charge on any atom is 0.305 e. The number of aromatic amines is 1. The predicted molar refractivity (Wildman–Crippen MR) is 88.2 cm³/mol. The summed E-state index contributed by atoms with van der Waals surface area (Å²) < 4.78 is 0. The van der Waals surface area contributed by atoms with Gasteiger partial charge in [0.25, 0.3) is 0 Å². The van der Waals surface area contributed by atoms with Crippen molar-refractivity contribution in [3.63, 3.8) is 0 Å². The summed E-state index contributed by atoms with van der Waals surface area (Å²) in [5.41, 5.74) is 1.95. The summed E-state index contributed by atoms with van der Waals surface area (Å²) in [7, 11) is 2.14. The number of hydrogen-bond acceptors (Lipinski definition) is 4. The van der Waals surface area contributed by atoms with Crippen molar-refractivity contribution in [2.75, 3.05) is 33.2 Å². The number of thiazole rings is 1. The number of H-pyrrole nitrogens is 1. The van der Waals surface area contributed by atoms with Crippen molar-refractivity contribution in [1.29, 1.82) is 0 Å². The standard InChI is InChI=1S/C15H18ClN3OS/c1-18-6-8-19(9-7-18)10-13-14(17-15(20)21-13)11-2-4-12(16)5-3-11/h2-5H,6-10H2,1H3,(H,17,20). The maximum atomic E-state index is 11.8. The number of benzene rings is 1. The van der Waals surface area contributed by atoms with Gasteiger partial charge in [0.1, 0.15) is 0 Å². The monoisotopic (exact) mass is 323 g/mol. The molecule has 1 aliphatic heterocycles. The van der Waals surface area contributed by atoms with Crippen molar-refractivity contribution in [3.05, 3.63) is 43.8 Å². The van der Waals surface area contributed by atoms with Gasteiger partial charge in [-0.3, -0.25) is 9.69 Å². The minimum absolute atomic E-state index is 0.00378. The van der Waals surface area contributed by atoms with E-state index < -0.39 is 0 Å². The molecule has 1 aromatic carbocycles. The Balaban J connectivity index is 1.82. The number of nitrogens with one attached hydrogen (secondary N) is 1. The number of halogens is 1. The SMILES string of the molecule is CN1CCN(Cc2sc(=O)[nH]c2-c2ccc(Cl)cc2)CC1. The number of nitrogens with zero attached hydrogens (tertiary/aromatic N) is 2. The van der Waals surface area contributed by atoms with E-state index in [1.807, 2.05) is 24.3 Å². The Morgan fingerprint density at radius 1 is 1.19 bits per heavy atom. The lowest BCUT2D eigenvalue weighted by Crippen LogP contribution is -2.43. The molecule has 2 heterocycles.